The first-order valence-electron chi connectivity index (χ1n) is 4.47. The van der Waals surface area contributed by atoms with Gasteiger partial charge in [0, 0.05) is 7.11 Å². The minimum absolute atomic E-state index is 0.215. The largest absolute Gasteiger partial charge is 0.378 e. The highest BCUT2D eigenvalue weighted by Crippen LogP contribution is 2.45. The normalized spacial score (nSPS) is 42.4. The Labute approximate surface area is 68.4 Å². The third-order valence-corrected chi connectivity index (χ3v) is 3.08. The second-order valence-electron chi connectivity index (χ2n) is 4.14. The molecule has 0 aromatic carbocycles. The number of rotatable bonds is 1. The molecule has 1 heteroatoms. The van der Waals surface area contributed by atoms with Crippen molar-refractivity contribution in [3.8, 4) is 0 Å². The Kier molecular flexibility index (Phi) is 1.57. The zero-order chi connectivity index (χ0) is 7.90. The minimum atomic E-state index is 0.215. The Bertz CT molecular complexity index is 195. The first-order valence-corrected chi connectivity index (χ1v) is 4.47. The Morgan fingerprint density at radius 2 is 2.45 bits per heavy atom. The van der Waals surface area contributed by atoms with Crippen molar-refractivity contribution in [2.24, 2.45) is 5.92 Å². The van der Waals surface area contributed by atoms with E-state index in [1.807, 2.05) is 7.11 Å². The van der Waals surface area contributed by atoms with E-state index in [4.69, 9.17) is 4.74 Å². The lowest BCUT2D eigenvalue weighted by Gasteiger charge is -2.34. The van der Waals surface area contributed by atoms with Gasteiger partial charge < -0.3 is 4.74 Å². The summed E-state index contributed by atoms with van der Waals surface area (Å²) in [5, 5.41) is 0. The average molecular weight is 152 g/mol. The fourth-order valence-electron chi connectivity index (χ4n) is 2.59. The summed E-state index contributed by atoms with van der Waals surface area (Å²) in [6.45, 7) is 2.33. The van der Waals surface area contributed by atoms with E-state index in [0.29, 0.717) is 0 Å². The van der Waals surface area contributed by atoms with Crippen LogP contribution in [0, 0.1) is 5.92 Å². The van der Waals surface area contributed by atoms with Crippen LogP contribution in [0.1, 0.15) is 32.6 Å². The molecule has 0 amide bonds. The predicted octanol–water partition coefficient (Wildman–Crippen LogP) is 2.52. The monoisotopic (exact) mass is 152 g/mol. The van der Waals surface area contributed by atoms with Crippen LogP contribution in [-0.4, -0.2) is 12.7 Å². The van der Waals surface area contributed by atoms with Gasteiger partial charge in [0.15, 0.2) is 0 Å². The van der Waals surface area contributed by atoms with Crippen molar-refractivity contribution in [1.29, 1.82) is 0 Å². The van der Waals surface area contributed by atoms with E-state index in [9.17, 15) is 0 Å². The standard InChI is InChI=1S/C10H16O/c1-8-5-9-3-4-10(6-8,7-9)11-2/h3,8H,4-7H2,1-2H3. The van der Waals surface area contributed by atoms with Gasteiger partial charge in [-0.3, -0.25) is 0 Å². The van der Waals surface area contributed by atoms with E-state index < -0.39 is 0 Å². The maximum Gasteiger partial charge on any atom is 0.0752 e. The molecule has 0 heterocycles. The van der Waals surface area contributed by atoms with Gasteiger partial charge in [-0.1, -0.05) is 18.6 Å². The van der Waals surface area contributed by atoms with Gasteiger partial charge in [0.1, 0.15) is 0 Å². The highest BCUT2D eigenvalue weighted by Gasteiger charge is 2.39. The molecular weight excluding hydrogens is 136 g/mol. The molecule has 2 unspecified atom stereocenters. The third-order valence-electron chi connectivity index (χ3n) is 3.08. The molecule has 1 saturated carbocycles. The highest BCUT2D eigenvalue weighted by molar-refractivity contribution is 5.20. The smallest absolute Gasteiger partial charge is 0.0752 e. The van der Waals surface area contributed by atoms with E-state index in [2.05, 4.69) is 13.0 Å². The topological polar surface area (TPSA) is 9.23 Å². The van der Waals surface area contributed by atoms with E-state index in [0.717, 1.165) is 12.3 Å². The molecule has 2 atom stereocenters. The number of ether oxygens (including phenoxy) is 1. The molecule has 1 fully saturated rings. The number of hydrogen-bond donors (Lipinski definition) is 0. The van der Waals surface area contributed by atoms with Crippen molar-refractivity contribution >= 4 is 0 Å². The van der Waals surface area contributed by atoms with Gasteiger partial charge in [-0.25, -0.2) is 0 Å². The highest BCUT2D eigenvalue weighted by atomic mass is 16.5. The first kappa shape index (κ1) is 7.35. The molecule has 0 aromatic rings. The summed E-state index contributed by atoms with van der Waals surface area (Å²) in [5.41, 5.74) is 1.85. The Balaban J connectivity index is 2.17. The number of hydrogen-bond acceptors (Lipinski definition) is 1. The van der Waals surface area contributed by atoms with Crippen LogP contribution in [0.2, 0.25) is 0 Å². The molecule has 62 valence electrons. The lowest BCUT2D eigenvalue weighted by molar-refractivity contribution is -0.0268. The number of fused-ring (bicyclic) bond motifs is 2. The van der Waals surface area contributed by atoms with Crippen molar-refractivity contribution in [2.45, 2.75) is 38.2 Å². The van der Waals surface area contributed by atoms with Crippen LogP contribution < -0.4 is 0 Å². The van der Waals surface area contributed by atoms with Gasteiger partial charge in [-0.2, -0.15) is 0 Å². The summed E-state index contributed by atoms with van der Waals surface area (Å²) in [6.07, 6.45) is 7.30. The maximum absolute atomic E-state index is 5.59. The molecule has 0 saturated heterocycles. The second kappa shape index (κ2) is 2.34. The molecule has 11 heavy (non-hydrogen) atoms. The molecule has 2 aliphatic rings. The van der Waals surface area contributed by atoms with E-state index in [1.54, 1.807) is 5.57 Å². The van der Waals surface area contributed by atoms with E-state index in [-0.39, 0.29) is 5.60 Å². The zero-order valence-corrected chi connectivity index (χ0v) is 7.39. The van der Waals surface area contributed by atoms with E-state index in [1.165, 1.54) is 19.3 Å². The van der Waals surface area contributed by atoms with Crippen molar-refractivity contribution in [2.75, 3.05) is 7.11 Å². The molecule has 0 N–H and O–H groups in total. The van der Waals surface area contributed by atoms with Crippen LogP contribution in [0.4, 0.5) is 0 Å². The molecule has 0 radical (unpaired) electrons. The molecule has 0 aromatic heterocycles. The molecule has 0 spiro atoms. The first-order chi connectivity index (χ1) is 5.24. The minimum Gasteiger partial charge on any atom is -0.378 e. The summed E-state index contributed by atoms with van der Waals surface area (Å²) < 4.78 is 5.59. The lowest BCUT2D eigenvalue weighted by atomic mass is 9.80. The van der Waals surface area contributed by atoms with Crippen LogP contribution in [0.25, 0.3) is 0 Å². The molecule has 2 bridgehead atoms. The second-order valence-corrected chi connectivity index (χ2v) is 4.14. The van der Waals surface area contributed by atoms with Crippen molar-refractivity contribution in [3.63, 3.8) is 0 Å². The van der Waals surface area contributed by atoms with Crippen LogP contribution in [-0.2, 0) is 4.74 Å². The Morgan fingerprint density at radius 1 is 1.64 bits per heavy atom. The summed E-state index contributed by atoms with van der Waals surface area (Å²) >= 11 is 0. The van der Waals surface area contributed by atoms with Gasteiger partial charge in [-0.05, 0) is 31.6 Å². The zero-order valence-electron chi connectivity index (χ0n) is 7.39. The fourth-order valence-corrected chi connectivity index (χ4v) is 2.59. The molecule has 2 rings (SSSR count). The van der Waals surface area contributed by atoms with Gasteiger partial charge in [0.05, 0.1) is 5.60 Å². The summed E-state index contributed by atoms with van der Waals surface area (Å²) in [4.78, 5) is 0. The van der Waals surface area contributed by atoms with Crippen molar-refractivity contribution in [3.05, 3.63) is 11.6 Å². The van der Waals surface area contributed by atoms with Gasteiger partial charge in [0.25, 0.3) is 0 Å². The summed E-state index contributed by atoms with van der Waals surface area (Å²) in [5.74, 6) is 0.831. The van der Waals surface area contributed by atoms with Gasteiger partial charge in [0.2, 0.25) is 0 Å². The molecule has 0 aliphatic heterocycles. The SMILES string of the molecule is COC12CC=C(CC(C)C1)C2. The summed E-state index contributed by atoms with van der Waals surface area (Å²) in [6, 6.07) is 0. The lowest BCUT2D eigenvalue weighted by Crippen LogP contribution is -2.33. The van der Waals surface area contributed by atoms with Crippen molar-refractivity contribution in [1.82, 2.24) is 0 Å². The number of methoxy groups -OCH3 is 1. The van der Waals surface area contributed by atoms with Crippen LogP contribution in [0.3, 0.4) is 0 Å². The molecule has 2 aliphatic carbocycles. The van der Waals surface area contributed by atoms with Crippen molar-refractivity contribution < 1.29 is 4.74 Å². The van der Waals surface area contributed by atoms with E-state index >= 15 is 0 Å². The summed E-state index contributed by atoms with van der Waals surface area (Å²) in [7, 11) is 1.86. The molecular formula is C10H16O. The Morgan fingerprint density at radius 3 is 3.18 bits per heavy atom. The van der Waals surface area contributed by atoms with Crippen LogP contribution >= 0.6 is 0 Å². The third kappa shape index (κ3) is 1.12. The van der Waals surface area contributed by atoms with Crippen LogP contribution in [0.5, 0.6) is 0 Å². The molecule has 1 nitrogen and oxygen atoms in total. The fraction of sp³-hybridized carbons (Fsp3) is 0.800. The van der Waals surface area contributed by atoms with Crippen LogP contribution in [0.15, 0.2) is 11.6 Å². The average Bonchev–Trinajstić information content (AvgIpc) is 2.28. The maximum atomic E-state index is 5.59. The Hall–Kier alpha value is -0.300. The van der Waals surface area contributed by atoms with Gasteiger partial charge in [-0.15, -0.1) is 0 Å². The van der Waals surface area contributed by atoms with Gasteiger partial charge >= 0.3 is 0 Å². The quantitative estimate of drug-likeness (QED) is 0.525. The predicted molar refractivity (Wildman–Crippen MR) is 45.5 cm³/mol.